The summed E-state index contributed by atoms with van der Waals surface area (Å²) in [6, 6.07) is 0. The largest absolute Gasteiger partial charge is 0.397 e. The quantitative estimate of drug-likeness (QED) is 0.0941. The lowest BCUT2D eigenvalue weighted by molar-refractivity contribution is -0.371. The van der Waals surface area contributed by atoms with Crippen LogP contribution in [-0.4, -0.2) is 208 Å². The summed E-state index contributed by atoms with van der Waals surface area (Å²) in [5, 5.41) is 93.7. The van der Waals surface area contributed by atoms with Crippen LogP contribution in [0.15, 0.2) is 0 Å². The highest BCUT2D eigenvalue weighted by Gasteiger charge is 2.59. The number of aliphatic hydroxyl groups excluding tert-OH is 9. The molecule has 6 aliphatic rings. The highest BCUT2D eigenvalue weighted by molar-refractivity contribution is 7.80. The van der Waals surface area contributed by atoms with Gasteiger partial charge in [-0.1, -0.05) is 0 Å². The standard InChI is InChI=1S/C24H38O22S/c25-1-5-9(27)18(44-22-12(30)17-10(28)7(41-22)3-37-17)13(31)23(40-5)43-15-8-4-38-19(15)14(32)24(42-8)45-20-11(29)21(33)39-6(2-26)16(20)46-47(34,35)36/h5-33H,1-4H2,(H,34,35,36). The Labute approximate surface area is 265 Å². The molecule has 4 bridgehead atoms. The van der Waals surface area contributed by atoms with E-state index < -0.39 is 146 Å². The van der Waals surface area contributed by atoms with Crippen LogP contribution in [0.3, 0.4) is 0 Å². The van der Waals surface area contributed by atoms with Gasteiger partial charge in [0.1, 0.15) is 97.7 Å². The summed E-state index contributed by atoms with van der Waals surface area (Å²) in [5.74, 6) is 0. The minimum absolute atomic E-state index is 0.0333. The zero-order chi connectivity index (χ0) is 33.9. The van der Waals surface area contributed by atoms with Crippen molar-refractivity contribution < 1.29 is 106 Å². The zero-order valence-electron chi connectivity index (χ0n) is 24.2. The van der Waals surface area contributed by atoms with E-state index in [4.69, 9.17) is 42.6 Å². The number of hydrogen-bond donors (Lipinski definition) is 10. The van der Waals surface area contributed by atoms with Crippen molar-refractivity contribution in [2.75, 3.05) is 26.4 Å². The van der Waals surface area contributed by atoms with Crippen molar-refractivity contribution in [1.82, 2.24) is 0 Å². The number of aliphatic hydroxyl groups is 9. The molecule has 6 aliphatic heterocycles. The van der Waals surface area contributed by atoms with E-state index >= 15 is 0 Å². The van der Waals surface area contributed by atoms with E-state index in [1.54, 1.807) is 0 Å². The van der Waals surface area contributed by atoms with Crippen molar-refractivity contribution in [2.24, 2.45) is 0 Å². The van der Waals surface area contributed by atoms with Gasteiger partial charge in [0.25, 0.3) is 0 Å². The van der Waals surface area contributed by atoms with E-state index in [1.807, 2.05) is 0 Å². The predicted octanol–water partition coefficient (Wildman–Crippen LogP) is -7.83. The predicted molar refractivity (Wildman–Crippen MR) is 138 cm³/mol. The molecular formula is C24H38O22S. The van der Waals surface area contributed by atoms with Gasteiger partial charge in [-0.05, 0) is 0 Å². The second-order valence-electron chi connectivity index (χ2n) is 11.9. The van der Waals surface area contributed by atoms with Crippen LogP contribution in [-0.2, 0) is 57.2 Å². The Balaban J connectivity index is 1.14. The third kappa shape index (κ3) is 6.93. The maximum Gasteiger partial charge on any atom is 0.397 e. The van der Waals surface area contributed by atoms with Crippen molar-refractivity contribution >= 4 is 10.4 Å². The fraction of sp³-hybridized carbons (Fsp3) is 1.00. The summed E-state index contributed by atoms with van der Waals surface area (Å²) in [4.78, 5) is 0. The molecule has 20 unspecified atom stereocenters. The average molecular weight is 711 g/mol. The molecule has 22 nitrogen and oxygen atoms in total. The van der Waals surface area contributed by atoms with Gasteiger partial charge in [-0.25, -0.2) is 4.18 Å². The van der Waals surface area contributed by atoms with Crippen LogP contribution in [0.4, 0.5) is 0 Å². The molecule has 6 heterocycles. The highest BCUT2D eigenvalue weighted by Crippen LogP contribution is 2.38. The molecule has 272 valence electrons. The number of rotatable bonds is 10. The Morgan fingerprint density at radius 3 is 1.77 bits per heavy atom. The second kappa shape index (κ2) is 14.0. The molecular weight excluding hydrogens is 672 g/mol. The maximum absolute atomic E-state index is 11.5. The molecule has 0 amide bonds. The topological polar surface area (TPSA) is 329 Å². The Morgan fingerprint density at radius 1 is 0.553 bits per heavy atom. The Kier molecular flexibility index (Phi) is 10.7. The number of ether oxygens (including phenoxy) is 9. The number of fused-ring (bicyclic) bond motifs is 4. The van der Waals surface area contributed by atoms with Crippen LogP contribution in [0, 0.1) is 0 Å². The number of hydrogen-bond acceptors (Lipinski definition) is 21. The van der Waals surface area contributed by atoms with Gasteiger partial charge in [-0.3, -0.25) is 4.55 Å². The smallest absolute Gasteiger partial charge is 0.394 e. The molecule has 0 aromatic rings. The maximum atomic E-state index is 11.5. The van der Waals surface area contributed by atoms with Gasteiger partial charge in [-0.2, -0.15) is 8.42 Å². The Bertz CT molecular complexity index is 1180. The van der Waals surface area contributed by atoms with Crippen LogP contribution in [0.5, 0.6) is 0 Å². The molecule has 23 heteroatoms. The summed E-state index contributed by atoms with van der Waals surface area (Å²) >= 11 is 0. The third-order valence-electron chi connectivity index (χ3n) is 8.90. The van der Waals surface area contributed by atoms with Gasteiger partial charge in [0.2, 0.25) is 0 Å². The Morgan fingerprint density at radius 2 is 1.11 bits per heavy atom. The van der Waals surface area contributed by atoms with E-state index in [9.17, 15) is 58.9 Å². The van der Waals surface area contributed by atoms with E-state index in [2.05, 4.69) is 4.18 Å². The van der Waals surface area contributed by atoms with Gasteiger partial charge in [0, 0.05) is 0 Å². The summed E-state index contributed by atoms with van der Waals surface area (Å²) in [7, 11) is -5.20. The zero-order valence-corrected chi connectivity index (χ0v) is 25.0. The van der Waals surface area contributed by atoms with Crippen molar-refractivity contribution in [3.63, 3.8) is 0 Å². The van der Waals surface area contributed by atoms with Crippen molar-refractivity contribution in [3.05, 3.63) is 0 Å². The van der Waals surface area contributed by atoms with Crippen molar-refractivity contribution in [1.29, 1.82) is 0 Å². The SMILES string of the molecule is O=S(=O)(O)OC1C(CO)OC(O)C(O)C1OC1OC2COC(C1O)C2OC1OC(CO)C(O)C(OC2OC3COC(C3O)C2O)C1O. The van der Waals surface area contributed by atoms with Crippen LogP contribution in [0.1, 0.15) is 0 Å². The van der Waals surface area contributed by atoms with Gasteiger partial charge >= 0.3 is 10.4 Å². The molecule has 0 radical (unpaired) electrons. The van der Waals surface area contributed by atoms with Crippen LogP contribution in [0.2, 0.25) is 0 Å². The first-order valence-corrected chi connectivity index (χ1v) is 16.0. The minimum Gasteiger partial charge on any atom is -0.394 e. The van der Waals surface area contributed by atoms with Crippen LogP contribution in [0.25, 0.3) is 0 Å². The molecule has 6 saturated heterocycles. The average Bonchev–Trinajstić information content (AvgIpc) is 3.48. The summed E-state index contributed by atoms with van der Waals surface area (Å²) < 4.78 is 86.6. The minimum atomic E-state index is -5.20. The third-order valence-corrected chi connectivity index (χ3v) is 9.37. The summed E-state index contributed by atoms with van der Waals surface area (Å²) in [6.07, 6.45) is -30.5. The van der Waals surface area contributed by atoms with Gasteiger partial charge in [-0.15, -0.1) is 0 Å². The summed E-state index contributed by atoms with van der Waals surface area (Å²) in [5.41, 5.74) is 0. The molecule has 6 rings (SSSR count). The van der Waals surface area contributed by atoms with E-state index in [0.29, 0.717) is 0 Å². The first-order valence-electron chi connectivity index (χ1n) is 14.7. The first kappa shape index (κ1) is 36.0. The second-order valence-corrected chi connectivity index (χ2v) is 12.9. The molecule has 47 heavy (non-hydrogen) atoms. The van der Waals surface area contributed by atoms with Gasteiger partial charge < -0.3 is 88.6 Å². The van der Waals surface area contributed by atoms with Crippen LogP contribution >= 0.6 is 0 Å². The molecule has 6 fully saturated rings. The highest BCUT2D eigenvalue weighted by atomic mass is 32.3. The first-order chi connectivity index (χ1) is 22.2. The lowest BCUT2D eigenvalue weighted by Crippen LogP contribution is -2.66. The van der Waals surface area contributed by atoms with Crippen LogP contribution < -0.4 is 0 Å². The molecule has 20 atom stereocenters. The Hall–Kier alpha value is -0.850. The van der Waals surface area contributed by atoms with E-state index in [1.165, 1.54) is 0 Å². The van der Waals surface area contributed by atoms with Crippen molar-refractivity contribution in [2.45, 2.75) is 123 Å². The van der Waals surface area contributed by atoms with Gasteiger partial charge in [0.15, 0.2) is 25.2 Å². The summed E-state index contributed by atoms with van der Waals surface area (Å²) in [6.45, 7) is -1.96. The fourth-order valence-corrected chi connectivity index (χ4v) is 7.03. The van der Waals surface area contributed by atoms with E-state index in [0.717, 1.165) is 0 Å². The van der Waals surface area contributed by atoms with Crippen molar-refractivity contribution in [3.8, 4) is 0 Å². The van der Waals surface area contributed by atoms with Gasteiger partial charge in [0.05, 0.1) is 26.4 Å². The molecule has 0 spiro atoms. The molecule has 0 aromatic heterocycles. The lowest BCUT2D eigenvalue weighted by Gasteiger charge is -2.47. The van der Waals surface area contributed by atoms with E-state index in [-0.39, 0.29) is 13.2 Å². The fourth-order valence-electron chi connectivity index (χ4n) is 6.52. The molecule has 0 saturated carbocycles. The lowest BCUT2D eigenvalue weighted by atomic mass is 9.96. The molecule has 0 aromatic carbocycles. The normalized spacial score (nSPS) is 53.3. The molecule has 10 N–H and O–H groups in total. The monoisotopic (exact) mass is 710 g/mol. The molecule has 0 aliphatic carbocycles.